The molecule has 3 aliphatic heterocycles. The Balaban J connectivity index is 1.34. The molecule has 1 aromatic carbocycles. The van der Waals surface area contributed by atoms with E-state index >= 15 is 0 Å². The van der Waals surface area contributed by atoms with E-state index in [9.17, 15) is 4.79 Å². The minimum atomic E-state index is 0.0596. The number of benzene rings is 1. The zero-order valence-electron chi connectivity index (χ0n) is 15.0. The molecule has 1 amide bonds. The maximum atomic E-state index is 12.9. The van der Waals surface area contributed by atoms with Gasteiger partial charge >= 0.3 is 0 Å². The molecule has 2 bridgehead atoms. The van der Waals surface area contributed by atoms with Crippen molar-refractivity contribution in [3.05, 3.63) is 53.9 Å². The van der Waals surface area contributed by atoms with E-state index in [0.717, 1.165) is 43.6 Å². The van der Waals surface area contributed by atoms with Crippen LogP contribution < -0.4 is 0 Å². The smallest absolute Gasteiger partial charge is 0.272 e. The average Bonchev–Trinajstić information content (AvgIpc) is 2.98. The molecule has 0 N–H and O–H groups in total. The number of hydrogen-bond donors (Lipinski definition) is 0. The monoisotopic (exact) mass is 379 g/mol. The van der Waals surface area contributed by atoms with Crippen LogP contribution in [0.1, 0.15) is 28.9 Å². The molecule has 7 heteroatoms. The molecule has 0 radical (unpaired) electrons. The Morgan fingerprint density at radius 2 is 2.00 bits per heavy atom. The Labute approximate surface area is 162 Å². The van der Waals surface area contributed by atoms with Crippen molar-refractivity contribution < 1.29 is 4.79 Å². The van der Waals surface area contributed by atoms with Crippen LogP contribution in [0.3, 0.4) is 0 Å². The van der Waals surface area contributed by atoms with Crippen LogP contribution in [0.5, 0.6) is 0 Å². The van der Waals surface area contributed by atoms with Gasteiger partial charge in [-0.3, -0.25) is 14.7 Å². The van der Waals surface area contributed by atoms with Crippen LogP contribution in [0.4, 0.5) is 0 Å². The van der Waals surface area contributed by atoms with Crippen molar-refractivity contribution >= 4 is 28.7 Å². The number of pyridine rings is 1. The van der Waals surface area contributed by atoms with Gasteiger partial charge in [-0.25, -0.2) is 0 Å². The molecule has 2 aromatic heterocycles. The van der Waals surface area contributed by atoms with E-state index in [0.29, 0.717) is 17.7 Å². The van der Waals surface area contributed by atoms with E-state index in [1.54, 1.807) is 6.20 Å². The lowest BCUT2D eigenvalue weighted by atomic mass is 9.94. The molecule has 6 nitrogen and oxygen atoms in total. The third-order valence-corrected chi connectivity index (χ3v) is 6.26. The van der Waals surface area contributed by atoms with Crippen LogP contribution in [0.2, 0.25) is 0 Å². The number of nitrogens with zero attached hydrogens (tertiary/aromatic N) is 5. The van der Waals surface area contributed by atoms with E-state index in [4.69, 9.17) is 0 Å². The molecular weight excluding hydrogens is 358 g/mol. The van der Waals surface area contributed by atoms with E-state index < -0.39 is 0 Å². The largest absolute Gasteiger partial charge is 0.335 e. The standard InChI is InChI=1S/C20H21N5OS/c26-20(18-3-1-2-8-21-18)25-12-15-4-6-16(13-25)24(11-15)10-14-5-7-17-19(9-14)23-27-22-17/h1-3,5,7-9,15-16H,4,6,10-13H2/t15-,16-/m0/s1. The predicted octanol–water partition coefficient (Wildman–Crippen LogP) is 2.82. The van der Waals surface area contributed by atoms with Crippen molar-refractivity contribution in [2.75, 3.05) is 19.6 Å². The maximum Gasteiger partial charge on any atom is 0.272 e. The summed E-state index contributed by atoms with van der Waals surface area (Å²) in [7, 11) is 0. The van der Waals surface area contributed by atoms with Crippen molar-refractivity contribution in [2.45, 2.75) is 25.4 Å². The molecule has 3 aromatic rings. The highest BCUT2D eigenvalue weighted by molar-refractivity contribution is 7.00. The topological polar surface area (TPSA) is 62.2 Å². The summed E-state index contributed by atoms with van der Waals surface area (Å²) in [5.74, 6) is 0.588. The number of carbonyl (C=O) groups excluding carboxylic acids is 1. The van der Waals surface area contributed by atoms with Crippen molar-refractivity contribution in [3.8, 4) is 0 Å². The Hall–Kier alpha value is -2.38. The van der Waals surface area contributed by atoms with Crippen LogP contribution in [-0.4, -0.2) is 55.1 Å². The lowest BCUT2D eigenvalue weighted by Crippen LogP contribution is -2.44. The molecule has 27 heavy (non-hydrogen) atoms. The summed E-state index contributed by atoms with van der Waals surface area (Å²) in [6, 6.07) is 12.3. The minimum Gasteiger partial charge on any atom is -0.335 e. The van der Waals surface area contributed by atoms with Crippen LogP contribution in [0.15, 0.2) is 42.6 Å². The average molecular weight is 379 g/mol. The zero-order valence-corrected chi connectivity index (χ0v) is 15.8. The van der Waals surface area contributed by atoms with Gasteiger partial charge < -0.3 is 4.90 Å². The summed E-state index contributed by atoms with van der Waals surface area (Å²) in [6.07, 6.45) is 4.04. The van der Waals surface area contributed by atoms with Crippen LogP contribution >= 0.6 is 11.7 Å². The van der Waals surface area contributed by atoms with Gasteiger partial charge in [0.25, 0.3) is 5.91 Å². The van der Waals surface area contributed by atoms with Gasteiger partial charge in [-0.05, 0) is 48.6 Å². The third kappa shape index (κ3) is 3.33. The SMILES string of the molecule is O=C(c1ccccn1)N1C[C@H]2CC[C@@H](C1)N(Cc1ccc3nsnc3c1)C2. The lowest BCUT2D eigenvalue weighted by Gasteiger charge is -2.36. The van der Waals surface area contributed by atoms with E-state index in [-0.39, 0.29) is 5.91 Å². The fraction of sp³-hybridized carbons (Fsp3) is 0.400. The molecule has 3 fully saturated rings. The molecule has 2 atom stereocenters. The van der Waals surface area contributed by atoms with Gasteiger partial charge in [-0.15, -0.1) is 0 Å². The van der Waals surface area contributed by atoms with Gasteiger partial charge in [-0.2, -0.15) is 8.75 Å². The van der Waals surface area contributed by atoms with Gasteiger partial charge in [0.2, 0.25) is 0 Å². The summed E-state index contributed by atoms with van der Waals surface area (Å²) in [5.41, 5.74) is 3.76. The second-order valence-electron chi connectivity index (χ2n) is 7.54. The number of fused-ring (bicyclic) bond motifs is 5. The number of rotatable bonds is 3. The van der Waals surface area contributed by atoms with Gasteiger partial charge in [-0.1, -0.05) is 12.1 Å². The molecule has 0 aliphatic carbocycles. The summed E-state index contributed by atoms with van der Waals surface area (Å²) in [5, 5.41) is 0. The third-order valence-electron chi connectivity index (χ3n) is 5.70. The van der Waals surface area contributed by atoms with E-state index in [1.165, 1.54) is 23.7 Å². The number of amides is 1. The first-order valence-electron chi connectivity index (χ1n) is 9.42. The van der Waals surface area contributed by atoms with Crippen LogP contribution in [-0.2, 0) is 6.54 Å². The summed E-state index contributed by atoms with van der Waals surface area (Å²) in [6.45, 7) is 3.56. The fourth-order valence-electron chi connectivity index (χ4n) is 4.35. The number of aromatic nitrogens is 3. The van der Waals surface area contributed by atoms with Crippen molar-refractivity contribution in [1.29, 1.82) is 0 Å². The molecule has 138 valence electrons. The summed E-state index contributed by atoms with van der Waals surface area (Å²) < 4.78 is 8.64. The highest BCUT2D eigenvalue weighted by Gasteiger charge is 2.36. The molecule has 0 saturated carbocycles. The van der Waals surface area contributed by atoms with Crippen molar-refractivity contribution in [2.24, 2.45) is 5.92 Å². The Morgan fingerprint density at radius 3 is 2.89 bits per heavy atom. The molecule has 3 aliphatic rings. The zero-order chi connectivity index (χ0) is 18.2. The van der Waals surface area contributed by atoms with Crippen molar-refractivity contribution in [1.82, 2.24) is 23.5 Å². The number of hydrogen-bond acceptors (Lipinski definition) is 6. The Bertz CT molecular complexity index is 959. The summed E-state index contributed by atoms with van der Waals surface area (Å²) in [4.78, 5) is 21.7. The lowest BCUT2D eigenvalue weighted by molar-refractivity contribution is 0.0730. The van der Waals surface area contributed by atoms with E-state index in [1.807, 2.05) is 23.1 Å². The fourth-order valence-corrected chi connectivity index (χ4v) is 4.87. The second kappa shape index (κ2) is 6.98. The highest BCUT2D eigenvalue weighted by atomic mass is 32.1. The van der Waals surface area contributed by atoms with E-state index in [2.05, 4.69) is 36.8 Å². The first kappa shape index (κ1) is 16.8. The van der Waals surface area contributed by atoms with Crippen molar-refractivity contribution in [3.63, 3.8) is 0 Å². The Morgan fingerprint density at radius 1 is 1.07 bits per heavy atom. The van der Waals surface area contributed by atoms with Crippen LogP contribution in [0.25, 0.3) is 11.0 Å². The molecule has 5 heterocycles. The summed E-state index contributed by atoms with van der Waals surface area (Å²) >= 11 is 1.26. The Kier molecular flexibility index (Phi) is 4.33. The van der Waals surface area contributed by atoms with Crippen LogP contribution in [0, 0.1) is 5.92 Å². The number of piperidine rings is 1. The molecule has 0 unspecified atom stereocenters. The van der Waals surface area contributed by atoms with Gasteiger partial charge in [0.15, 0.2) is 0 Å². The van der Waals surface area contributed by atoms with Gasteiger partial charge in [0, 0.05) is 38.4 Å². The highest BCUT2D eigenvalue weighted by Crippen LogP contribution is 2.30. The minimum absolute atomic E-state index is 0.0596. The quantitative estimate of drug-likeness (QED) is 0.700. The first-order chi connectivity index (χ1) is 13.3. The normalized spacial score (nSPS) is 22.9. The number of carbonyl (C=O) groups is 1. The molecule has 6 rings (SSSR count). The second-order valence-corrected chi connectivity index (χ2v) is 8.07. The van der Waals surface area contributed by atoms with Gasteiger partial charge in [0.1, 0.15) is 16.7 Å². The molecule has 0 spiro atoms. The first-order valence-corrected chi connectivity index (χ1v) is 10.1. The predicted molar refractivity (Wildman–Crippen MR) is 104 cm³/mol. The maximum absolute atomic E-state index is 12.9. The molecular formula is C20H21N5OS. The molecule has 3 saturated heterocycles. The van der Waals surface area contributed by atoms with Gasteiger partial charge in [0.05, 0.1) is 11.7 Å².